The number of thiazole rings is 1. The molecule has 0 spiro atoms. The molecule has 0 bridgehead atoms. The Morgan fingerprint density at radius 2 is 2.38 bits per heavy atom. The van der Waals surface area contributed by atoms with Crippen molar-refractivity contribution in [2.45, 2.75) is 19.4 Å². The lowest BCUT2D eigenvalue weighted by atomic mass is 10.2. The van der Waals surface area contributed by atoms with Crippen LogP contribution in [0.5, 0.6) is 0 Å². The van der Waals surface area contributed by atoms with Gasteiger partial charge in [-0.25, -0.2) is 4.98 Å². The predicted octanol–water partition coefficient (Wildman–Crippen LogP) is 3.75. The molecule has 1 N–H and O–H groups in total. The summed E-state index contributed by atoms with van der Waals surface area (Å²) in [6, 6.07) is 4.36. The summed E-state index contributed by atoms with van der Waals surface area (Å²) in [4.78, 5) is 5.61. The molecule has 0 aliphatic carbocycles. The zero-order valence-electron chi connectivity index (χ0n) is 8.94. The van der Waals surface area contributed by atoms with E-state index >= 15 is 0 Å². The molecule has 2 aromatic heterocycles. The third-order valence-electron chi connectivity index (χ3n) is 2.35. The molecule has 0 saturated carbocycles. The zero-order valence-corrected chi connectivity index (χ0v) is 11.3. The smallest absolute Gasteiger partial charge is 0.0931 e. The van der Waals surface area contributed by atoms with E-state index in [0.29, 0.717) is 6.04 Å². The van der Waals surface area contributed by atoms with Gasteiger partial charge < -0.3 is 5.32 Å². The van der Waals surface area contributed by atoms with Gasteiger partial charge in [0.25, 0.3) is 0 Å². The average molecular weight is 273 g/mol. The van der Waals surface area contributed by atoms with Gasteiger partial charge in [0, 0.05) is 22.8 Å². The quantitative estimate of drug-likeness (QED) is 0.897. The molecule has 0 aromatic carbocycles. The number of hydrogen-bond donors (Lipinski definition) is 1. The van der Waals surface area contributed by atoms with Crippen molar-refractivity contribution in [1.29, 1.82) is 0 Å². The predicted molar refractivity (Wildman–Crippen MR) is 71.6 cm³/mol. The van der Waals surface area contributed by atoms with Gasteiger partial charge in [0.2, 0.25) is 0 Å². The van der Waals surface area contributed by atoms with E-state index in [2.05, 4.69) is 28.7 Å². The van der Waals surface area contributed by atoms with Crippen LogP contribution in [0.15, 0.2) is 23.0 Å². The van der Waals surface area contributed by atoms with E-state index in [4.69, 9.17) is 11.6 Å². The van der Waals surface area contributed by atoms with E-state index in [0.717, 1.165) is 23.0 Å². The molecule has 0 aliphatic rings. The van der Waals surface area contributed by atoms with Crippen molar-refractivity contribution in [3.63, 3.8) is 0 Å². The van der Waals surface area contributed by atoms with Crippen molar-refractivity contribution in [3.05, 3.63) is 37.9 Å². The number of hydrogen-bond acceptors (Lipinski definition) is 4. The summed E-state index contributed by atoms with van der Waals surface area (Å²) in [5.41, 5.74) is 2.99. The largest absolute Gasteiger partial charge is 0.308 e. The normalized spacial score (nSPS) is 12.9. The minimum atomic E-state index is 0.321. The molecule has 16 heavy (non-hydrogen) atoms. The van der Waals surface area contributed by atoms with Crippen molar-refractivity contribution in [2.24, 2.45) is 0 Å². The van der Waals surface area contributed by atoms with Gasteiger partial charge in [-0.1, -0.05) is 11.6 Å². The van der Waals surface area contributed by atoms with Crippen LogP contribution in [0.4, 0.5) is 0 Å². The molecule has 0 fully saturated rings. The minimum Gasteiger partial charge on any atom is -0.308 e. The second kappa shape index (κ2) is 5.77. The molecule has 2 heterocycles. The van der Waals surface area contributed by atoms with Crippen LogP contribution in [0.25, 0.3) is 0 Å². The molecule has 1 unspecified atom stereocenters. The van der Waals surface area contributed by atoms with Crippen LogP contribution < -0.4 is 5.32 Å². The molecular formula is C11H13ClN2S2. The van der Waals surface area contributed by atoms with Gasteiger partial charge in [-0.3, -0.25) is 0 Å². The number of aromatic nitrogens is 1. The van der Waals surface area contributed by atoms with E-state index < -0.39 is 0 Å². The van der Waals surface area contributed by atoms with Crippen LogP contribution in [0.3, 0.4) is 0 Å². The third-order valence-corrected chi connectivity index (χ3v) is 4.24. The van der Waals surface area contributed by atoms with E-state index in [1.54, 1.807) is 22.7 Å². The first kappa shape index (κ1) is 12.0. The molecular weight excluding hydrogens is 260 g/mol. The molecule has 5 heteroatoms. The molecule has 0 aliphatic heterocycles. The highest BCUT2D eigenvalue weighted by Gasteiger charge is 2.06. The maximum atomic E-state index is 5.87. The van der Waals surface area contributed by atoms with Crippen LogP contribution in [-0.2, 0) is 6.42 Å². The molecule has 2 rings (SSSR count). The van der Waals surface area contributed by atoms with E-state index in [1.165, 1.54) is 4.88 Å². The zero-order chi connectivity index (χ0) is 11.4. The summed E-state index contributed by atoms with van der Waals surface area (Å²) in [6.07, 6.45) is 1.02. The van der Waals surface area contributed by atoms with Crippen LogP contribution in [0.2, 0.25) is 4.34 Å². The standard InChI is InChI=1S/C11H13ClN2S2/c1-8(10-6-15-7-14-10)13-5-4-9-2-3-11(12)16-9/h2-3,6-8,13H,4-5H2,1H3. The van der Waals surface area contributed by atoms with Crippen LogP contribution in [0, 0.1) is 0 Å². The number of nitrogens with one attached hydrogen (secondary N) is 1. The first-order chi connectivity index (χ1) is 7.75. The van der Waals surface area contributed by atoms with Crippen molar-refractivity contribution in [1.82, 2.24) is 10.3 Å². The number of rotatable bonds is 5. The van der Waals surface area contributed by atoms with Gasteiger partial charge >= 0.3 is 0 Å². The second-order valence-corrected chi connectivity index (χ2v) is 6.06. The van der Waals surface area contributed by atoms with Crippen molar-refractivity contribution in [3.8, 4) is 0 Å². The Labute approximate surface area is 108 Å². The van der Waals surface area contributed by atoms with Gasteiger partial charge in [0.15, 0.2) is 0 Å². The van der Waals surface area contributed by atoms with Gasteiger partial charge in [-0.05, 0) is 25.5 Å². The SMILES string of the molecule is CC(NCCc1ccc(Cl)s1)c1cscn1. The third kappa shape index (κ3) is 3.28. The monoisotopic (exact) mass is 272 g/mol. The lowest BCUT2D eigenvalue weighted by molar-refractivity contribution is 0.568. The maximum absolute atomic E-state index is 5.87. The van der Waals surface area contributed by atoms with Crippen LogP contribution in [-0.4, -0.2) is 11.5 Å². The minimum absolute atomic E-state index is 0.321. The average Bonchev–Trinajstić information content (AvgIpc) is 2.89. The lowest BCUT2D eigenvalue weighted by Gasteiger charge is -2.10. The van der Waals surface area contributed by atoms with Crippen LogP contribution in [0.1, 0.15) is 23.5 Å². The molecule has 0 radical (unpaired) electrons. The van der Waals surface area contributed by atoms with Crippen molar-refractivity contribution >= 4 is 34.3 Å². The highest BCUT2D eigenvalue weighted by Crippen LogP contribution is 2.21. The van der Waals surface area contributed by atoms with E-state index in [1.807, 2.05) is 11.6 Å². The Morgan fingerprint density at radius 1 is 1.50 bits per heavy atom. The second-order valence-electron chi connectivity index (χ2n) is 3.54. The first-order valence-corrected chi connectivity index (χ1v) is 7.25. The van der Waals surface area contributed by atoms with E-state index in [9.17, 15) is 0 Å². The van der Waals surface area contributed by atoms with Crippen molar-refractivity contribution < 1.29 is 0 Å². The van der Waals surface area contributed by atoms with Crippen molar-refractivity contribution in [2.75, 3.05) is 6.54 Å². The molecule has 2 nitrogen and oxygen atoms in total. The summed E-state index contributed by atoms with van der Waals surface area (Å²) in [5, 5.41) is 5.53. The summed E-state index contributed by atoms with van der Waals surface area (Å²) in [5.74, 6) is 0. The lowest BCUT2D eigenvalue weighted by Crippen LogP contribution is -2.21. The first-order valence-electron chi connectivity index (χ1n) is 5.11. The molecule has 0 saturated heterocycles. The Morgan fingerprint density at radius 3 is 3.00 bits per heavy atom. The molecule has 2 aromatic rings. The fraction of sp³-hybridized carbons (Fsp3) is 0.364. The number of nitrogens with zero attached hydrogens (tertiary/aromatic N) is 1. The topological polar surface area (TPSA) is 24.9 Å². The Bertz CT molecular complexity index is 425. The highest BCUT2D eigenvalue weighted by molar-refractivity contribution is 7.16. The van der Waals surface area contributed by atoms with Gasteiger partial charge in [-0.2, -0.15) is 0 Å². The summed E-state index contributed by atoms with van der Waals surface area (Å²) in [7, 11) is 0. The highest BCUT2D eigenvalue weighted by atomic mass is 35.5. The molecule has 0 amide bonds. The fourth-order valence-corrected chi connectivity index (χ4v) is 3.17. The summed E-state index contributed by atoms with van der Waals surface area (Å²) < 4.78 is 0.863. The fourth-order valence-electron chi connectivity index (χ4n) is 1.44. The molecule has 86 valence electrons. The number of thiophene rings is 1. The van der Waals surface area contributed by atoms with Crippen LogP contribution >= 0.6 is 34.3 Å². The maximum Gasteiger partial charge on any atom is 0.0931 e. The Kier molecular flexibility index (Phi) is 4.35. The summed E-state index contributed by atoms with van der Waals surface area (Å²) in [6.45, 7) is 3.09. The number of halogens is 1. The van der Waals surface area contributed by atoms with Gasteiger partial charge in [-0.15, -0.1) is 22.7 Å². The Hall–Kier alpha value is -0.420. The Balaban J connectivity index is 1.76. The van der Waals surface area contributed by atoms with Gasteiger partial charge in [0.05, 0.1) is 15.5 Å². The van der Waals surface area contributed by atoms with Gasteiger partial charge in [0.1, 0.15) is 0 Å². The summed E-state index contributed by atoms with van der Waals surface area (Å²) >= 11 is 9.16. The van der Waals surface area contributed by atoms with E-state index in [-0.39, 0.29) is 0 Å². The molecule has 1 atom stereocenters.